The first-order valence-electron chi connectivity index (χ1n) is 6.75. The van der Waals surface area contributed by atoms with E-state index in [2.05, 4.69) is 22.2 Å². The number of amides is 1. The zero-order valence-electron chi connectivity index (χ0n) is 12.0. The Morgan fingerprint density at radius 1 is 1.33 bits per heavy atom. The highest BCUT2D eigenvalue weighted by Gasteiger charge is 2.22. The zero-order chi connectivity index (χ0) is 14.8. The molecule has 6 heteroatoms. The molecular formula is C15H16N4O2. The summed E-state index contributed by atoms with van der Waals surface area (Å²) in [5, 5.41) is 4.02. The average Bonchev–Trinajstić information content (AvgIpc) is 3.08. The molecule has 108 valence electrons. The highest BCUT2D eigenvalue weighted by Crippen LogP contribution is 2.15. The van der Waals surface area contributed by atoms with Gasteiger partial charge >= 0.3 is 5.84 Å². The lowest BCUT2D eigenvalue weighted by molar-refractivity contribution is 0.0766. The summed E-state index contributed by atoms with van der Waals surface area (Å²) < 4.78 is 7.00. The normalized spacial score (nSPS) is 11.0. The number of rotatable bonds is 4. The van der Waals surface area contributed by atoms with Crippen LogP contribution in [0.25, 0.3) is 5.84 Å². The summed E-state index contributed by atoms with van der Waals surface area (Å²) in [5.74, 6) is 0.476. The minimum absolute atomic E-state index is 0.157. The van der Waals surface area contributed by atoms with Gasteiger partial charge in [0.1, 0.15) is 6.33 Å². The van der Waals surface area contributed by atoms with E-state index in [0.717, 1.165) is 6.42 Å². The number of aromatic nitrogens is 3. The van der Waals surface area contributed by atoms with Crippen LogP contribution in [0.5, 0.6) is 0 Å². The van der Waals surface area contributed by atoms with E-state index in [-0.39, 0.29) is 5.91 Å². The van der Waals surface area contributed by atoms with Gasteiger partial charge in [-0.15, -0.1) is 0 Å². The van der Waals surface area contributed by atoms with Crippen LogP contribution in [0.2, 0.25) is 0 Å². The van der Waals surface area contributed by atoms with Crippen molar-refractivity contribution in [3.63, 3.8) is 0 Å². The molecule has 0 saturated carbocycles. The summed E-state index contributed by atoms with van der Waals surface area (Å²) in [4.78, 5) is 18.0. The van der Waals surface area contributed by atoms with Gasteiger partial charge in [-0.05, 0) is 18.9 Å². The maximum Gasteiger partial charge on any atom is 0.325 e. The Bertz CT molecular complexity index is 760. The molecule has 0 spiro atoms. The van der Waals surface area contributed by atoms with Crippen molar-refractivity contribution < 1.29 is 9.21 Å². The highest BCUT2D eigenvalue weighted by atomic mass is 16.4. The van der Waals surface area contributed by atoms with Crippen LogP contribution in [-0.2, 0) is 6.42 Å². The molecule has 0 radical (unpaired) electrons. The largest absolute Gasteiger partial charge is 0.416 e. The molecule has 0 saturated heterocycles. The van der Waals surface area contributed by atoms with Gasteiger partial charge in [0.15, 0.2) is 0 Å². The fourth-order valence-electron chi connectivity index (χ4n) is 2.21. The molecule has 0 aliphatic heterocycles. The fraction of sp³-hybridized carbons (Fsp3) is 0.267. The predicted octanol–water partition coefficient (Wildman–Crippen LogP) is 1.95. The first-order valence-corrected chi connectivity index (χ1v) is 6.75. The molecule has 6 nitrogen and oxygen atoms in total. The number of likely N-dealkylation sites (N-methyl/N-ethyl adjacent to an activating group) is 1. The van der Waals surface area contributed by atoms with Crippen molar-refractivity contribution in [2.75, 3.05) is 13.6 Å². The number of aryl methyl sites for hydroxylation is 1. The predicted molar refractivity (Wildman–Crippen MR) is 77.1 cm³/mol. The fourth-order valence-corrected chi connectivity index (χ4v) is 2.21. The monoisotopic (exact) mass is 284 g/mol. The van der Waals surface area contributed by atoms with E-state index in [1.54, 1.807) is 18.9 Å². The van der Waals surface area contributed by atoms with Gasteiger partial charge in [-0.1, -0.05) is 30.3 Å². The van der Waals surface area contributed by atoms with Crippen LogP contribution in [-0.4, -0.2) is 39.0 Å². The number of carbonyl (C=O) groups is 1. The van der Waals surface area contributed by atoms with Crippen molar-refractivity contribution in [2.45, 2.75) is 13.3 Å². The minimum Gasteiger partial charge on any atom is -0.416 e. The van der Waals surface area contributed by atoms with Crippen molar-refractivity contribution in [1.29, 1.82) is 0 Å². The lowest BCUT2D eigenvalue weighted by atomic mass is 10.1. The van der Waals surface area contributed by atoms with Gasteiger partial charge in [-0.25, -0.2) is 0 Å². The molecule has 3 rings (SSSR count). The molecule has 1 amide bonds. The van der Waals surface area contributed by atoms with Crippen LogP contribution in [0.4, 0.5) is 0 Å². The third kappa shape index (κ3) is 2.52. The van der Waals surface area contributed by atoms with Gasteiger partial charge in [0, 0.05) is 13.6 Å². The molecule has 0 atom stereocenters. The van der Waals surface area contributed by atoms with E-state index < -0.39 is 0 Å². The molecule has 0 aliphatic rings. The second-order valence-electron chi connectivity index (χ2n) is 4.93. The van der Waals surface area contributed by atoms with Crippen molar-refractivity contribution in [3.8, 4) is 0 Å². The Morgan fingerprint density at radius 3 is 2.81 bits per heavy atom. The van der Waals surface area contributed by atoms with E-state index in [9.17, 15) is 4.79 Å². The quantitative estimate of drug-likeness (QED) is 0.734. The molecule has 0 aliphatic carbocycles. The van der Waals surface area contributed by atoms with Crippen LogP contribution in [0.15, 0.2) is 41.1 Å². The number of benzene rings is 1. The summed E-state index contributed by atoms with van der Waals surface area (Å²) >= 11 is 0. The third-order valence-electron chi connectivity index (χ3n) is 3.48. The maximum absolute atomic E-state index is 12.4. The maximum atomic E-state index is 12.4. The number of oxazole rings is 1. The van der Waals surface area contributed by atoms with E-state index >= 15 is 0 Å². The van der Waals surface area contributed by atoms with Crippen LogP contribution in [0.3, 0.4) is 0 Å². The lowest BCUT2D eigenvalue weighted by Gasteiger charge is -2.15. The second-order valence-corrected chi connectivity index (χ2v) is 4.93. The first kappa shape index (κ1) is 13.4. The van der Waals surface area contributed by atoms with Crippen LogP contribution in [0, 0.1) is 6.92 Å². The number of carbonyl (C=O) groups excluding carboxylic acids is 1. The number of hydrogen-bond acceptors (Lipinski definition) is 4. The van der Waals surface area contributed by atoms with Gasteiger partial charge in [-0.2, -0.15) is 14.6 Å². The first-order chi connectivity index (χ1) is 10.2. The Hall–Kier alpha value is -2.63. The summed E-state index contributed by atoms with van der Waals surface area (Å²) in [5.41, 5.74) is 1.86. The molecule has 2 heterocycles. The molecule has 21 heavy (non-hydrogen) atoms. The van der Waals surface area contributed by atoms with E-state index in [0.29, 0.717) is 23.8 Å². The standard InChI is InChI=1S/C15H16N4O2/c1-11-13(21-15-16-10-17-19(11)15)14(20)18(2)9-8-12-6-4-3-5-7-12/h3-7,10H,8-9H2,1-2H3. The second kappa shape index (κ2) is 5.40. The van der Waals surface area contributed by atoms with Crippen molar-refractivity contribution >= 4 is 11.8 Å². The van der Waals surface area contributed by atoms with Gasteiger partial charge in [-0.3, -0.25) is 4.79 Å². The average molecular weight is 284 g/mol. The van der Waals surface area contributed by atoms with Crippen LogP contribution in [0.1, 0.15) is 21.8 Å². The van der Waals surface area contributed by atoms with Gasteiger partial charge in [0.2, 0.25) is 5.76 Å². The Kier molecular flexibility index (Phi) is 3.43. The van der Waals surface area contributed by atoms with E-state index in [1.807, 2.05) is 18.2 Å². The van der Waals surface area contributed by atoms with Crippen molar-refractivity contribution in [3.05, 3.63) is 53.7 Å². The van der Waals surface area contributed by atoms with Crippen molar-refractivity contribution in [2.24, 2.45) is 0 Å². The topological polar surface area (TPSA) is 63.6 Å². The molecule has 3 aromatic rings. The van der Waals surface area contributed by atoms with Gasteiger partial charge < -0.3 is 9.32 Å². The van der Waals surface area contributed by atoms with Gasteiger partial charge in [0.25, 0.3) is 5.91 Å². The zero-order valence-corrected chi connectivity index (χ0v) is 12.0. The van der Waals surface area contributed by atoms with E-state index in [1.165, 1.54) is 16.4 Å². The third-order valence-corrected chi connectivity index (χ3v) is 3.48. The minimum atomic E-state index is -0.157. The highest BCUT2D eigenvalue weighted by molar-refractivity contribution is 5.92. The van der Waals surface area contributed by atoms with Gasteiger partial charge in [0.05, 0.1) is 5.69 Å². The smallest absolute Gasteiger partial charge is 0.325 e. The van der Waals surface area contributed by atoms with Crippen LogP contribution < -0.4 is 0 Å². The summed E-state index contributed by atoms with van der Waals surface area (Å²) in [6.07, 6.45) is 2.21. The number of fused-ring (bicyclic) bond motifs is 1. The molecule has 0 N–H and O–H groups in total. The summed E-state index contributed by atoms with van der Waals surface area (Å²) in [6.45, 7) is 2.42. The number of nitrogens with zero attached hydrogens (tertiary/aromatic N) is 4. The Morgan fingerprint density at radius 2 is 2.10 bits per heavy atom. The number of hydrogen-bond donors (Lipinski definition) is 0. The molecule has 1 aromatic carbocycles. The Balaban J connectivity index is 1.72. The summed E-state index contributed by atoms with van der Waals surface area (Å²) in [6, 6.07) is 10.1. The summed E-state index contributed by atoms with van der Waals surface area (Å²) in [7, 11) is 1.77. The molecule has 0 unspecified atom stereocenters. The molecule has 0 fully saturated rings. The molecule has 0 bridgehead atoms. The van der Waals surface area contributed by atoms with Crippen molar-refractivity contribution in [1.82, 2.24) is 19.5 Å². The SMILES string of the molecule is Cc1c(C(=O)N(C)CCc2ccccc2)oc2ncnn12. The lowest BCUT2D eigenvalue weighted by Crippen LogP contribution is -2.29. The molecule has 2 aromatic heterocycles. The van der Waals surface area contributed by atoms with Crippen LogP contribution >= 0.6 is 0 Å². The van der Waals surface area contributed by atoms with E-state index in [4.69, 9.17) is 4.42 Å². The molecular weight excluding hydrogens is 268 g/mol. The Labute approximate surface area is 122 Å².